The quantitative estimate of drug-likeness (QED) is 0.632. The number of nitrogens with one attached hydrogen (secondary N) is 1. The van der Waals surface area contributed by atoms with Crippen LogP contribution in [0.3, 0.4) is 0 Å². The van der Waals surface area contributed by atoms with Crippen LogP contribution in [0.5, 0.6) is 0 Å². The minimum absolute atomic E-state index is 0.159. The molecule has 6 nitrogen and oxygen atoms in total. The first kappa shape index (κ1) is 21.2. The lowest BCUT2D eigenvalue weighted by Crippen LogP contribution is -2.49. The van der Waals surface area contributed by atoms with Crippen LogP contribution in [0.2, 0.25) is 0 Å². The predicted octanol–water partition coefficient (Wildman–Crippen LogP) is 3.57. The number of hydrogen-bond donors (Lipinski definition) is 1. The summed E-state index contributed by atoms with van der Waals surface area (Å²) in [6.45, 7) is 16.0. The molecule has 0 amide bonds. The molecule has 2 aliphatic rings. The van der Waals surface area contributed by atoms with Gasteiger partial charge < -0.3 is 19.5 Å². The number of hydrogen-bond acceptors (Lipinski definition) is 3. The Morgan fingerprint density at radius 3 is 2.82 bits per heavy atom. The van der Waals surface area contributed by atoms with Crippen LogP contribution in [0.1, 0.15) is 59.9 Å². The molecule has 0 spiro atoms. The number of aromatic nitrogens is 2. The van der Waals surface area contributed by atoms with Crippen molar-refractivity contribution in [2.75, 3.05) is 32.8 Å². The molecule has 2 saturated heterocycles. The average molecular weight is 390 g/mol. The van der Waals surface area contributed by atoms with Gasteiger partial charge in [0, 0.05) is 51.1 Å². The number of imidazole rings is 1. The van der Waals surface area contributed by atoms with Crippen molar-refractivity contribution in [1.29, 1.82) is 0 Å². The van der Waals surface area contributed by atoms with E-state index in [1.807, 2.05) is 12.5 Å². The van der Waals surface area contributed by atoms with E-state index in [2.05, 4.69) is 60.6 Å². The van der Waals surface area contributed by atoms with E-state index in [4.69, 9.17) is 9.73 Å². The number of ether oxygens (including phenoxy) is 1. The summed E-state index contributed by atoms with van der Waals surface area (Å²) in [6, 6.07) is 0.445. The van der Waals surface area contributed by atoms with E-state index in [-0.39, 0.29) is 11.5 Å². The number of nitrogens with zero attached hydrogens (tertiary/aromatic N) is 4. The smallest absolute Gasteiger partial charge is 0.193 e. The summed E-state index contributed by atoms with van der Waals surface area (Å²) in [5, 5.41) is 3.54. The van der Waals surface area contributed by atoms with E-state index in [0.29, 0.717) is 17.9 Å². The molecule has 3 heterocycles. The molecule has 0 aromatic carbocycles. The zero-order valence-corrected chi connectivity index (χ0v) is 18.4. The highest BCUT2D eigenvalue weighted by atomic mass is 16.5. The first-order valence-electron chi connectivity index (χ1n) is 11.0. The van der Waals surface area contributed by atoms with E-state index in [0.717, 1.165) is 45.2 Å². The number of likely N-dealkylation sites (tertiary alicyclic amines) is 1. The minimum atomic E-state index is 0.159. The van der Waals surface area contributed by atoms with Crippen LogP contribution < -0.4 is 5.32 Å². The maximum absolute atomic E-state index is 6.16. The van der Waals surface area contributed by atoms with Gasteiger partial charge in [-0.3, -0.25) is 4.99 Å². The normalized spacial score (nSPS) is 29.8. The van der Waals surface area contributed by atoms with Crippen LogP contribution in [0.4, 0.5) is 0 Å². The highest BCUT2D eigenvalue weighted by Gasteiger charge is 2.35. The monoisotopic (exact) mass is 389 g/mol. The van der Waals surface area contributed by atoms with Crippen LogP contribution in [0, 0.1) is 17.3 Å². The fraction of sp³-hybridized carbons (Fsp3) is 0.818. The second-order valence-corrected chi connectivity index (χ2v) is 9.54. The molecule has 1 aromatic heterocycles. The van der Waals surface area contributed by atoms with E-state index < -0.39 is 0 Å². The summed E-state index contributed by atoms with van der Waals surface area (Å²) in [4.78, 5) is 11.8. The summed E-state index contributed by atoms with van der Waals surface area (Å²) >= 11 is 0. The van der Waals surface area contributed by atoms with Crippen LogP contribution in [0.15, 0.2) is 23.7 Å². The second-order valence-electron chi connectivity index (χ2n) is 9.54. The van der Waals surface area contributed by atoms with Gasteiger partial charge in [-0.15, -0.1) is 0 Å². The lowest BCUT2D eigenvalue weighted by atomic mass is 9.78. The van der Waals surface area contributed by atoms with Crippen molar-refractivity contribution < 1.29 is 4.74 Å². The van der Waals surface area contributed by atoms with Gasteiger partial charge in [0.25, 0.3) is 0 Å². The van der Waals surface area contributed by atoms with Crippen molar-refractivity contribution in [3.05, 3.63) is 18.7 Å². The van der Waals surface area contributed by atoms with Crippen molar-refractivity contribution >= 4 is 5.96 Å². The number of rotatable bonds is 4. The van der Waals surface area contributed by atoms with E-state index in [1.54, 1.807) is 0 Å². The van der Waals surface area contributed by atoms with Gasteiger partial charge in [-0.1, -0.05) is 27.7 Å². The van der Waals surface area contributed by atoms with E-state index in [1.165, 1.54) is 12.8 Å². The average Bonchev–Trinajstić information content (AvgIpc) is 3.20. The third-order valence-corrected chi connectivity index (χ3v) is 6.23. The number of guanidine groups is 1. The molecule has 0 radical (unpaired) electrons. The molecule has 2 aliphatic heterocycles. The highest BCUT2D eigenvalue weighted by molar-refractivity contribution is 5.80. The Labute approximate surface area is 170 Å². The summed E-state index contributed by atoms with van der Waals surface area (Å²) < 4.78 is 8.41. The molecule has 0 bridgehead atoms. The standard InChI is InChI=1S/C22H39N5O/c1-6-24-21(25-14-18-8-7-13-28-20(18)22(3,4)5)26-11-9-17(2)19(15-26)27-12-10-23-16-27/h10,12,16-20H,6-9,11,13-15H2,1-5H3,(H,24,25). The molecule has 4 atom stereocenters. The molecule has 2 fully saturated rings. The van der Waals surface area contributed by atoms with Gasteiger partial charge in [0.15, 0.2) is 5.96 Å². The molecule has 158 valence electrons. The fourth-order valence-electron chi connectivity index (χ4n) is 4.71. The largest absolute Gasteiger partial charge is 0.377 e. The second kappa shape index (κ2) is 9.29. The third-order valence-electron chi connectivity index (χ3n) is 6.23. The van der Waals surface area contributed by atoms with Gasteiger partial charge in [0.1, 0.15) is 0 Å². The van der Waals surface area contributed by atoms with Gasteiger partial charge in [0.05, 0.1) is 18.5 Å². The van der Waals surface area contributed by atoms with E-state index in [9.17, 15) is 0 Å². The fourth-order valence-corrected chi connectivity index (χ4v) is 4.71. The highest BCUT2D eigenvalue weighted by Crippen LogP contribution is 2.34. The van der Waals surface area contributed by atoms with Gasteiger partial charge in [0.2, 0.25) is 0 Å². The molecule has 0 aliphatic carbocycles. The minimum Gasteiger partial charge on any atom is -0.377 e. The zero-order valence-electron chi connectivity index (χ0n) is 18.4. The lowest BCUT2D eigenvalue weighted by molar-refractivity contribution is -0.0824. The Bertz CT molecular complexity index is 621. The van der Waals surface area contributed by atoms with Crippen molar-refractivity contribution in [3.8, 4) is 0 Å². The molecular formula is C22H39N5O. The van der Waals surface area contributed by atoms with Gasteiger partial charge >= 0.3 is 0 Å². The van der Waals surface area contributed by atoms with Crippen molar-refractivity contribution in [3.63, 3.8) is 0 Å². The van der Waals surface area contributed by atoms with Gasteiger partial charge in [-0.05, 0) is 37.5 Å². The molecule has 3 rings (SSSR count). The number of aliphatic imine (C=N–C) groups is 1. The van der Waals surface area contributed by atoms with Gasteiger partial charge in [-0.25, -0.2) is 4.98 Å². The van der Waals surface area contributed by atoms with Gasteiger partial charge in [-0.2, -0.15) is 0 Å². The van der Waals surface area contributed by atoms with Crippen LogP contribution in [-0.2, 0) is 4.74 Å². The lowest BCUT2D eigenvalue weighted by Gasteiger charge is -2.41. The summed E-state index contributed by atoms with van der Waals surface area (Å²) in [5.41, 5.74) is 0.159. The zero-order chi connectivity index (χ0) is 20.1. The SMILES string of the molecule is CCNC(=NCC1CCCOC1C(C)(C)C)N1CCC(C)C(n2ccnc2)C1. The summed E-state index contributed by atoms with van der Waals surface area (Å²) in [5.74, 6) is 2.19. The van der Waals surface area contributed by atoms with Crippen molar-refractivity contribution in [1.82, 2.24) is 19.8 Å². The molecule has 1 aromatic rings. The Balaban J connectivity index is 1.71. The van der Waals surface area contributed by atoms with E-state index >= 15 is 0 Å². The Morgan fingerprint density at radius 2 is 2.14 bits per heavy atom. The predicted molar refractivity (Wildman–Crippen MR) is 115 cm³/mol. The van der Waals surface area contributed by atoms with Crippen molar-refractivity contribution in [2.24, 2.45) is 22.2 Å². The molecular weight excluding hydrogens is 350 g/mol. The molecule has 1 N–H and O–H groups in total. The maximum Gasteiger partial charge on any atom is 0.193 e. The Morgan fingerprint density at radius 1 is 1.32 bits per heavy atom. The molecule has 4 unspecified atom stereocenters. The molecule has 0 saturated carbocycles. The molecule has 6 heteroatoms. The topological polar surface area (TPSA) is 54.7 Å². The third kappa shape index (κ3) is 5.07. The maximum atomic E-state index is 6.16. The Kier molecular flexibility index (Phi) is 7.02. The first-order valence-corrected chi connectivity index (χ1v) is 11.0. The summed E-state index contributed by atoms with van der Waals surface area (Å²) in [6.07, 6.45) is 9.72. The Hall–Kier alpha value is -1.56. The number of piperidine rings is 1. The van der Waals surface area contributed by atoms with Crippen molar-refractivity contribution in [2.45, 2.75) is 66.0 Å². The summed E-state index contributed by atoms with van der Waals surface area (Å²) in [7, 11) is 0. The van der Waals surface area contributed by atoms with Crippen LogP contribution in [0.25, 0.3) is 0 Å². The van der Waals surface area contributed by atoms with Crippen LogP contribution >= 0.6 is 0 Å². The van der Waals surface area contributed by atoms with Crippen LogP contribution in [-0.4, -0.2) is 59.3 Å². The first-order chi connectivity index (χ1) is 13.4. The molecule has 28 heavy (non-hydrogen) atoms.